The summed E-state index contributed by atoms with van der Waals surface area (Å²) >= 11 is 0. The Balaban J connectivity index is 2.52. The molecule has 2 N–H and O–H groups in total. The third-order valence-corrected chi connectivity index (χ3v) is 2.67. The Morgan fingerprint density at radius 2 is 2.23 bits per heavy atom. The first-order valence-electron chi connectivity index (χ1n) is 4.62. The molecule has 1 aliphatic rings. The Kier molecular flexibility index (Phi) is 1.80. The van der Waals surface area contributed by atoms with Crippen LogP contribution in [-0.4, -0.2) is 9.78 Å². The van der Waals surface area contributed by atoms with Gasteiger partial charge in [-0.2, -0.15) is 0 Å². The van der Waals surface area contributed by atoms with Crippen molar-refractivity contribution in [2.24, 2.45) is 13.0 Å². The minimum absolute atomic E-state index is 0.0492. The van der Waals surface area contributed by atoms with Gasteiger partial charge in [-0.15, -0.1) is 0 Å². The lowest BCUT2D eigenvalue weighted by Gasteiger charge is -2.16. The molecular formula is C9H15N3O. The molecular weight excluding hydrogens is 166 g/mol. The van der Waals surface area contributed by atoms with Crippen LogP contribution in [0.25, 0.3) is 0 Å². The smallest absolute Gasteiger partial charge is 0.268 e. The van der Waals surface area contributed by atoms with E-state index in [0.717, 1.165) is 11.3 Å². The third-order valence-electron chi connectivity index (χ3n) is 2.67. The Hall–Kier alpha value is -1.03. The normalized spacial score (nSPS) is 21.1. The molecule has 0 radical (unpaired) electrons. The average molecular weight is 181 g/mol. The van der Waals surface area contributed by atoms with Gasteiger partial charge in [-0.3, -0.25) is 14.6 Å². The van der Waals surface area contributed by atoms with E-state index in [-0.39, 0.29) is 5.56 Å². The summed E-state index contributed by atoms with van der Waals surface area (Å²) in [6, 6.07) is 0.318. The summed E-state index contributed by atoms with van der Waals surface area (Å²) in [4.78, 5) is 11.4. The zero-order valence-electron chi connectivity index (χ0n) is 8.22. The SMILES string of the molecule is CC(C)C1NCc2c1n(C)[nH]c2=O. The minimum Gasteiger partial charge on any atom is -0.304 e. The van der Waals surface area contributed by atoms with Crippen molar-refractivity contribution >= 4 is 0 Å². The molecule has 2 heterocycles. The zero-order valence-corrected chi connectivity index (χ0v) is 8.22. The van der Waals surface area contributed by atoms with Gasteiger partial charge < -0.3 is 5.32 Å². The van der Waals surface area contributed by atoms with Crippen LogP contribution in [0.15, 0.2) is 4.79 Å². The Labute approximate surface area is 76.9 Å². The van der Waals surface area contributed by atoms with Gasteiger partial charge in [0.2, 0.25) is 0 Å². The maximum absolute atomic E-state index is 11.4. The fourth-order valence-electron chi connectivity index (χ4n) is 2.03. The number of aromatic nitrogens is 2. The molecule has 0 saturated carbocycles. The molecule has 1 aromatic rings. The van der Waals surface area contributed by atoms with Crippen LogP contribution < -0.4 is 10.9 Å². The van der Waals surface area contributed by atoms with Crippen molar-refractivity contribution in [2.45, 2.75) is 26.4 Å². The van der Waals surface area contributed by atoms with Crippen molar-refractivity contribution in [3.63, 3.8) is 0 Å². The number of aryl methyl sites for hydroxylation is 1. The zero-order chi connectivity index (χ0) is 9.59. The molecule has 2 rings (SSSR count). The Morgan fingerprint density at radius 3 is 2.85 bits per heavy atom. The minimum atomic E-state index is 0.0492. The maximum atomic E-state index is 11.4. The number of hydrogen-bond acceptors (Lipinski definition) is 2. The van der Waals surface area contributed by atoms with Gasteiger partial charge in [0.25, 0.3) is 5.56 Å². The van der Waals surface area contributed by atoms with Crippen molar-refractivity contribution in [2.75, 3.05) is 0 Å². The van der Waals surface area contributed by atoms with Gasteiger partial charge >= 0.3 is 0 Å². The highest BCUT2D eigenvalue weighted by Gasteiger charge is 2.29. The molecule has 1 aromatic heterocycles. The van der Waals surface area contributed by atoms with Crippen LogP contribution in [0.5, 0.6) is 0 Å². The number of rotatable bonds is 1. The predicted octanol–water partition coefficient (Wildman–Crippen LogP) is 0.514. The van der Waals surface area contributed by atoms with E-state index in [0.29, 0.717) is 18.5 Å². The molecule has 0 saturated heterocycles. The van der Waals surface area contributed by atoms with Crippen LogP contribution in [0.2, 0.25) is 0 Å². The Bertz CT molecular complexity index is 375. The summed E-state index contributed by atoms with van der Waals surface area (Å²) in [5.74, 6) is 0.516. The lowest BCUT2D eigenvalue weighted by Crippen LogP contribution is -2.21. The second-order valence-corrected chi connectivity index (χ2v) is 3.97. The van der Waals surface area contributed by atoms with Crippen molar-refractivity contribution in [1.82, 2.24) is 15.1 Å². The predicted molar refractivity (Wildman–Crippen MR) is 50.5 cm³/mol. The number of hydrogen-bond donors (Lipinski definition) is 2. The molecule has 72 valence electrons. The molecule has 0 spiro atoms. The molecule has 0 bridgehead atoms. The number of aromatic amines is 1. The van der Waals surface area contributed by atoms with Crippen LogP contribution in [0.4, 0.5) is 0 Å². The monoisotopic (exact) mass is 181 g/mol. The molecule has 4 nitrogen and oxygen atoms in total. The highest BCUT2D eigenvalue weighted by atomic mass is 16.1. The standard InChI is InChI=1S/C9H15N3O/c1-5(2)7-8-6(4-10-7)9(13)11-12(8)3/h5,7,10H,4H2,1-3H3,(H,11,13). The van der Waals surface area contributed by atoms with Crippen LogP contribution in [0.1, 0.15) is 31.1 Å². The highest BCUT2D eigenvalue weighted by molar-refractivity contribution is 5.26. The van der Waals surface area contributed by atoms with Gasteiger partial charge in [0, 0.05) is 13.6 Å². The van der Waals surface area contributed by atoms with Crippen molar-refractivity contribution in [1.29, 1.82) is 0 Å². The summed E-state index contributed by atoms with van der Waals surface area (Å²) in [6.45, 7) is 5.02. The Morgan fingerprint density at radius 1 is 1.54 bits per heavy atom. The summed E-state index contributed by atoms with van der Waals surface area (Å²) in [5.41, 5.74) is 2.08. The molecule has 0 aromatic carbocycles. The molecule has 4 heteroatoms. The quantitative estimate of drug-likeness (QED) is 0.663. The summed E-state index contributed by atoms with van der Waals surface area (Å²) in [6.07, 6.45) is 0. The van der Waals surface area contributed by atoms with Gasteiger partial charge in [0.05, 0.1) is 17.3 Å². The average Bonchev–Trinajstić information content (AvgIpc) is 2.55. The highest BCUT2D eigenvalue weighted by Crippen LogP contribution is 2.27. The lowest BCUT2D eigenvalue weighted by molar-refractivity contribution is 0.417. The van der Waals surface area contributed by atoms with Crippen molar-refractivity contribution in [3.8, 4) is 0 Å². The van der Waals surface area contributed by atoms with E-state index in [1.807, 2.05) is 11.7 Å². The number of H-pyrrole nitrogens is 1. The molecule has 0 fully saturated rings. The van der Waals surface area contributed by atoms with E-state index in [1.54, 1.807) is 0 Å². The fourth-order valence-corrected chi connectivity index (χ4v) is 2.03. The molecule has 1 unspecified atom stereocenters. The number of fused-ring (bicyclic) bond motifs is 1. The second kappa shape index (κ2) is 2.73. The van der Waals surface area contributed by atoms with Crippen LogP contribution in [-0.2, 0) is 13.6 Å². The molecule has 0 amide bonds. The molecule has 13 heavy (non-hydrogen) atoms. The first kappa shape index (κ1) is 8.56. The second-order valence-electron chi connectivity index (χ2n) is 3.97. The lowest BCUT2D eigenvalue weighted by atomic mass is 10.0. The number of nitrogens with zero attached hydrogens (tertiary/aromatic N) is 1. The first-order valence-corrected chi connectivity index (χ1v) is 4.62. The van der Waals surface area contributed by atoms with Gasteiger partial charge in [0.15, 0.2) is 0 Å². The topological polar surface area (TPSA) is 49.8 Å². The van der Waals surface area contributed by atoms with E-state index in [1.165, 1.54) is 0 Å². The van der Waals surface area contributed by atoms with Crippen LogP contribution >= 0.6 is 0 Å². The van der Waals surface area contributed by atoms with E-state index in [9.17, 15) is 4.79 Å². The summed E-state index contributed by atoms with van der Waals surface area (Å²) < 4.78 is 1.84. The van der Waals surface area contributed by atoms with Crippen LogP contribution in [0.3, 0.4) is 0 Å². The summed E-state index contributed by atoms with van der Waals surface area (Å²) in [5, 5.41) is 6.13. The van der Waals surface area contributed by atoms with Crippen LogP contribution in [0, 0.1) is 5.92 Å². The van der Waals surface area contributed by atoms with E-state index < -0.39 is 0 Å². The number of nitrogens with one attached hydrogen (secondary N) is 2. The summed E-state index contributed by atoms with van der Waals surface area (Å²) in [7, 11) is 1.89. The van der Waals surface area contributed by atoms with Gasteiger partial charge in [-0.25, -0.2) is 0 Å². The van der Waals surface area contributed by atoms with E-state index in [4.69, 9.17) is 0 Å². The fraction of sp³-hybridized carbons (Fsp3) is 0.667. The molecule has 1 aliphatic heterocycles. The largest absolute Gasteiger partial charge is 0.304 e. The molecule has 0 aliphatic carbocycles. The van der Waals surface area contributed by atoms with Crippen molar-refractivity contribution < 1.29 is 0 Å². The maximum Gasteiger partial charge on any atom is 0.268 e. The van der Waals surface area contributed by atoms with Gasteiger partial charge in [0.1, 0.15) is 0 Å². The third kappa shape index (κ3) is 1.13. The van der Waals surface area contributed by atoms with Gasteiger partial charge in [-0.1, -0.05) is 13.8 Å². The van der Waals surface area contributed by atoms with E-state index in [2.05, 4.69) is 24.3 Å². The molecule has 1 atom stereocenters. The first-order chi connectivity index (χ1) is 6.11. The van der Waals surface area contributed by atoms with Gasteiger partial charge in [-0.05, 0) is 5.92 Å². The van der Waals surface area contributed by atoms with E-state index >= 15 is 0 Å². The van der Waals surface area contributed by atoms with Crippen molar-refractivity contribution in [3.05, 3.63) is 21.6 Å².